The highest BCUT2D eigenvalue weighted by atomic mass is 16.5. The van der Waals surface area contributed by atoms with Gasteiger partial charge in [0.1, 0.15) is 5.75 Å². The van der Waals surface area contributed by atoms with E-state index in [4.69, 9.17) is 9.15 Å². The molecule has 1 aromatic carbocycles. The number of ether oxygens (including phenoxy) is 1. The third-order valence-electron chi connectivity index (χ3n) is 3.72. The SMILES string of the molecule is Cc1nnc(-c2ccc(OCC(=O)NC3CCCC3)cc2)o1. The lowest BCUT2D eigenvalue weighted by molar-refractivity contribution is -0.123. The van der Waals surface area contributed by atoms with Crippen molar-refractivity contribution in [3.63, 3.8) is 0 Å². The number of nitrogens with zero attached hydrogens (tertiary/aromatic N) is 2. The van der Waals surface area contributed by atoms with Crippen LogP contribution < -0.4 is 10.1 Å². The Morgan fingerprint density at radius 1 is 1.27 bits per heavy atom. The highest BCUT2D eigenvalue weighted by Crippen LogP contribution is 2.21. The van der Waals surface area contributed by atoms with E-state index in [-0.39, 0.29) is 12.5 Å². The Labute approximate surface area is 128 Å². The number of amides is 1. The van der Waals surface area contributed by atoms with Gasteiger partial charge in [0.2, 0.25) is 11.8 Å². The zero-order valence-corrected chi connectivity index (χ0v) is 12.5. The first-order valence-corrected chi connectivity index (χ1v) is 7.53. The van der Waals surface area contributed by atoms with E-state index in [0.717, 1.165) is 18.4 Å². The summed E-state index contributed by atoms with van der Waals surface area (Å²) in [5, 5.41) is 10.7. The molecule has 1 aliphatic rings. The number of hydrogen-bond acceptors (Lipinski definition) is 5. The molecule has 1 amide bonds. The van der Waals surface area contributed by atoms with Crippen LogP contribution in [0.3, 0.4) is 0 Å². The van der Waals surface area contributed by atoms with E-state index in [1.165, 1.54) is 12.8 Å². The Kier molecular flexibility index (Phi) is 4.37. The van der Waals surface area contributed by atoms with E-state index >= 15 is 0 Å². The first kappa shape index (κ1) is 14.6. The fourth-order valence-corrected chi connectivity index (χ4v) is 2.60. The zero-order chi connectivity index (χ0) is 15.4. The first-order valence-electron chi connectivity index (χ1n) is 7.53. The Morgan fingerprint density at radius 3 is 2.64 bits per heavy atom. The van der Waals surface area contributed by atoms with Gasteiger partial charge in [0.25, 0.3) is 5.91 Å². The molecule has 1 saturated carbocycles. The van der Waals surface area contributed by atoms with Crippen LogP contribution in [0.4, 0.5) is 0 Å². The number of aryl methyl sites for hydroxylation is 1. The van der Waals surface area contributed by atoms with Crippen LogP contribution in [0.2, 0.25) is 0 Å². The summed E-state index contributed by atoms with van der Waals surface area (Å²) in [6.45, 7) is 1.78. The number of carbonyl (C=O) groups excluding carboxylic acids is 1. The summed E-state index contributed by atoms with van der Waals surface area (Å²) in [5.74, 6) is 1.58. The van der Waals surface area contributed by atoms with Crippen molar-refractivity contribution in [3.05, 3.63) is 30.2 Å². The molecule has 6 heteroatoms. The smallest absolute Gasteiger partial charge is 0.258 e. The molecule has 0 bridgehead atoms. The van der Waals surface area contributed by atoms with Crippen molar-refractivity contribution in [3.8, 4) is 17.2 Å². The second-order valence-electron chi connectivity index (χ2n) is 5.49. The van der Waals surface area contributed by atoms with Crippen LogP contribution in [-0.2, 0) is 4.79 Å². The maximum Gasteiger partial charge on any atom is 0.258 e. The first-order chi connectivity index (χ1) is 10.7. The van der Waals surface area contributed by atoms with E-state index in [1.807, 2.05) is 12.1 Å². The van der Waals surface area contributed by atoms with Crippen molar-refractivity contribution >= 4 is 5.91 Å². The standard InChI is InChI=1S/C16H19N3O3/c1-11-18-19-16(22-11)12-6-8-14(9-7-12)21-10-15(20)17-13-4-2-3-5-13/h6-9,13H,2-5,10H2,1H3,(H,17,20). The monoisotopic (exact) mass is 301 g/mol. The minimum Gasteiger partial charge on any atom is -0.484 e. The van der Waals surface area contributed by atoms with Gasteiger partial charge >= 0.3 is 0 Å². The van der Waals surface area contributed by atoms with Gasteiger partial charge in [-0.05, 0) is 37.1 Å². The van der Waals surface area contributed by atoms with Gasteiger partial charge in [0.05, 0.1) is 0 Å². The van der Waals surface area contributed by atoms with Crippen LogP contribution in [-0.4, -0.2) is 28.8 Å². The van der Waals surface area contributed by atoms with Crippen LogP contribution in [0.15, 0.2) is 28.7 Å². The van der Waals surface area contributed by atoms with Gasteiger partial charge in [0, 0.05) is 18.5 Å². The molecule has 1 fully saturated rings. The fourth-order valence-electron chi connectivity index (χ4n) is 2.60. The van der Waals surface area contributed by atoms with Gasteiger partial charge in [0.15, 0.2) is 6.61 Å². The molecule has 6 nitrogen and oxygen atoms in total. The van der Waals surface area contributed by atoms with Crippen molar-refractivity contribution in [2.24, 2.45) is 0 Å². The predicted octanol–water partition coefficient (Wildman–Crippen LogP) is 2.48. The third kappa shape index (κ3) is 3.63. The van der Waals surface area contributed by atoms with Crippen molar-refractivity contribution in [2.45, 2.75) is 38.6 Å². The van der Waals surface area contributed by atoms with Gasteiger partial charge in [-0.2, -0.15) is 0 Å². The molecule has 0 radical (unpaired) electrons. The molecule has 1 N–H and O–H groups in total. The van der Waals surface area contributed by atoms with E-state index in [1.54, 1.807) is 19.1 Å². The number of benzene rings is 1. The lowest BCUT2D eigenvalue weighted by atomic mass is 10.2. The lowest BCUT2D eigenvalue weighted by Gasteiger charge is -2.12. The van der Waals surface area contributed by atoms with Crippen LogP contribution >= 0.6 is 0 Å². The molecular weight excluding hydrogens is 282 g/mol. The van der Waals surface area contributed by atoms with Gasteiger partial charge in [-0.3, -0.25) is 4.79 Å². The number of carbonyl (C=O) groups is 1. The minimum absolute atomic E-state index is 0.0372. The van der Waals surface area contributed by atoms with Crippen LogP contribution in [0, 0.1) is 6.92 Å². The number of hydrogen-bond donors (Lipinski definition) is 1. The molecule has 1 aliphatic carbocycles. The minimum atomic E-state index is -0.0662. The quantitative estimate of drug-likeness (QED) is 0.918. The maximum atomic E-state index is 11.8. The Bertz CT molecular complexity index is 630. The largest absolute Gasteiger partial charge is 0.484 e. The van der Waals surface area contributed by atoms with Crippen LogP contribution in [0.5, 0.6) is 5.75 Å². The van der Waals surface area contributed by atoms with Crippen LogP contribution in [0.1, 0.15) is 31.6 Å². The molecule has 0 saturated heterocycles. The topological polar surface area (TPSA) is 77.2 Å². The summed E-state index contributed by atoms with van der Waals surface area (Å²) >= 11 is 0. The number of aromatic nitrogens is 2. The fraction of sp³-hybridized carbons (Fsp3) is 0.438. The third-order valence-corrected chi connectivity index (χ3v) is 3.72. The summed E-state index contributed by atoms with van der Waals surface area (Å²) in [6.07, 6.45) is 4.54. The lowest BCUT2D eigenvalue weighted by Crippen LogP contribution is -2.36. The maximum absolute atomic E-state index is 11.8. The molecule has 2 aromatic rings. The zero-order valence-electron chi connectivity index (χ0n) is 12.5. The Balaban J connectivity index is 1.51. The molecule has 1 aromatic heterocycles. The van der Waals surface area contributed by atoms with Crippen LogP contribution in [0.25, 0.3) is 11.5 Å². The van der Waals surface area contributed by atoms with Gasteiger partial charge < -0.3 is 14.5 Å². The van der Waals surface area contributed by atoms with Gasteiger partial charge in [-0.15, -0.1) is 10.2 Å². The van der Waals surface area contributed by atoms with Crippen molar-refractivity contribution < 1.29 is 13.9 Å². The van der Waals surface area contributed by atoms with Gasteiger partial charge in [-0.1, -0.05) is 12.8 Å². The molecule has 0 atom stereocenters. The molecule has 0 spiro atoms. The molecule has 116 valence electrons. The summed E-state index contributed by atoms with van der Waals surface area (Å²) in [4.78, 5) is 11.8. The molecule has 0 unspecified atom stereocenters. The van der Waals surface area contributed by atoms with Gasteiger partial charge in [-0.25, -0.2) is 0 Å². The average molecular weight is 301 g/mol. The second kappa shape index (κ2) is 6.60. The average Bonchev–Trinajstić information content (AvgIpc) is 3.17. The number of nitrogens with one attached hydrogen (secondary N) is 1. The molecule has 0 aliphatic heterocycles. The molecule has 22 heavy (non-hydrogen) atoms. The Morgan fingerprint density at radius 2 is 2.00 bits per heavy atom. The van der Waals surface area contributed by atoms with E-state index in [9.17, 15) is 4.79 Å². The van der Waals surface area contributed by atoms with E-state index in [2.05, 4.69) is 15.5 Å². The highest BCUT2D eigenvalue weighted by molar-refractivity contribution is 5.77. The van der Waals surface area contributed by atoms with E-state index in [0.29, 0.717) is 23.6 Å². The molecule has 3 rings (SSSR count). The Hall–Kier alpha value is -2.37. The predicted molar refractivity (Wildman–Crippen MR) is 80.4 cm³/mol. The van der Waals surface area contributed by atoms with Crippen molar-refractivity contribution in [2.75, 3.05) is 6.61 Å². The molecular formula is C16H19N3O3. The summed E-state index contributed by atoms with van der Waals surface area (Å²) in [6, 6.07) is 7.56. The summed E-state index contributed by atoms with van der Waals surface area (Å²) in [5.41, 5.74) is 0.823. The molecule has 1 heterocycles. The summed E-state index contributed by atoms with van der Waals surface area (Å²) in [7, 11) is 0. The van der Waals surface area contributed by atoms with Crippen molar-refractivity contribution in [1.29, 1.82) is 0 Å². The highest BCUT2D eigenvalue weighted by Gasteiger charge is 2.17. The second-order valence-corrected chi connectivity index (χ2v) is 5.49. The van der Waals surface area contributed by atoms with Crippen molar-refractivity contribution in [1.82, 2.24) is 15.5 Å². The van der Waals surface area contributed by atoms with E-state index < -0.39 is 0 Å². The summed E-state index contributed by atoms with van der Waals surface area (Å²) < 4.78 is 10.9. The normalized spacial score (nSPS) is 15.0. The number of rotatable bonds is 5.